The van der Waals surface area contributed by atoms with E-state index in [0.717, 1.165) is 11.3 Å². The first-order chi connectivity index (χ1) is 11.8. The van der Waals surface area contributed by atoms with Crippen LogP contribution in [0.5, 0.6) is 5.75 Å². The van der Waals surface area contributed by atoms with Crippen molar-refractivity contribution >= 4 is 17.5 Å². The number of hydrogen-bond acceptors (Lipinski definition) is 2. The molecule has 2 aromatic rings. The first-order valence-electron chi connectivity index (χ1n) is 8.20. The zero-order chi connectivity index (χ0) is 18.4. The molecule has 0 heterocycles. The largest absolute Gasteiger partial charge is 0.491 e. The van der Waals surface area contributed by atoms with Crippen LogP contribution in [0, 0.1) is 5.82 Å². The van der Waals surface area contributed by atoms with Gasteiger partial charge in [-0.05, 0) is 34.7 Å². The number of halogens is 2. The van der Waals surface area contributed by atoms with E-state index in [9.17, 15) is 9.18 Å². The van der Waals surface area contributed by atoms with E-state index in [1.165, 1.54) is 12.1 Å². The van der Waals surface area contributed by atoms with Gasteiger partial charge in [-0.2, -0.15) is 0 Å². The topological polar surface area (TPSA) is 38.3 Å². The quantitative estimate of drug-likeness (QED) is 0.766. The predicted molar refractivity (Wildman–Crippen MR) is 98.8 cm³/mol. The molecule has 0 spiro atoms. The molecule has 1 amide bonds. The van der Waals surface area contributed by atoms with Crippen LogP contribution in [0.2, 0.25) is 5.02 Å². The fourth-order valence-corrected chi connectivity index (χ4v) is 2.62. The van der Waals surface area contributed by atoms with Crippen molar-refractivity contribution in [2.24, 2.45) is 0 Å². The van der Waals surface area contributed by atoms with Crippen molar-refractivity contribution in [3.63, 3.8) is 0 Å². The summed E-state index contributed by atoms with van der Waals surface area (Å²) in [7, 11) is 0. The molecular formula is C20H23ClFNO2. The summed E-state index contributed by atoms with van der Waals surface area (Å²) in [5, 5.41) is 3.05. The second-order valence-corrected chi connectivity index (χ2v) is 7.29. The summed E-state index contributed by atoms with van der Waals surface area (Å²) in [6, 6.07) is 12.2. The van der Waals surface area contributed by atoms with Crippen LogP contribution in [0.15, 0.2) is 42.5 Å². The summed E-state index contributed by atoms with van der Waals surface area (Å²) in [5.74, 6) is 0.0833. The van der Waals surface area contributed by atoms with Crippen LogP contribution in [0.3, 0.4) is 0 Å². The highest BCUT2D eigenvalue weighted by Gasteiger charge is 2.18. The number of rotatable bonds is 6. The van der Waals surface area contributed by atoms with Crippen molar-refractivity contribution in [3.8, 4) is 5.75 Å². The molecule has 0 bridgehead atoms. The number of hydrogen-bond donors (Lipinski definition) is 1. The lowest BCUT2D eigenvalue weighted by atomic mass is 9.86. The van der Waals surface area contributed by atoms with Gasteiger partial charge in [0, 0.05) is 5.02 Å². The summed E-state index contributed by atoms with van der Waals surface area (Å²) in [5.41, 5.74) is 1.41. The molecule has 5 heteroatoms. The van der Waals surface area contributed by atoms with Gasteiger partial charge in [-0.15, -0.1) is 0 Å². The number of carbonyl (C=O) groups is 1. The van der Waals surface area contributed by atoms with Gasteiger partial charge in [0.2, 0.25) is 5.91 Å². The van der Waals surface area contributed by atoms with Gasteiger partial charge in [0.1, 0.15) is 18.2 Å². The lowest BCUT2D eigenvalue weighted by Crippen LogP contribution is -2.30. The zero-order valence-corrected chi connectivity index (χ0v) is 15.5. The molecule has 0 unspecified atom stereocenters. The maximum absolute atomic E-state index is 13.7. The molecule has 0 aromatic heterocycles. The smallest absolute Gasteiger partial charge is 0.224 e. The summed E-state index contributed by atoms with van der Waals surface area (Å²) in [6.07, 6.45) is -0.0262. The van der Waals surface area contributed by atoms with E-state index in [0.29, 0.717) is 23.7 Å². The molecular weight excluding hydrogens is 341 g/mol. The Morgan fingerprint density at radius 2 is 1.92 bits per heavy atom. The Kier molecular flexibility index (Phi) is 6.43. The second-order valence-electron chi connectivity index (χ2n) is 6.86. The van der Waals surface area contributed by atoms with E-state index in [-0.39, 0.29) is 17.7 Å². The standard InChI is InChI=1S/C20H23ClFNO2/c1-20(2,3)16-6-4-5-7-18(16)25-11-10-23-19(24)12-14-8-9-15(21)13-17(14)22/h4-9,13H,10-12H2,1-3H3,(H,23,24). The van der Waals surface area contributed by atoms with Gasteiger partial charge < -0.3 is 10.1 Å². The van der Waals surface area contributed by atoms with Crippen molar-refractivity contribution in [2.75, 3.05) is 13.2 Å². The van der Waals surface area contributed by atoms with Crippen LogP contribution in [0.25, 0.3) is 0 Å². The van der Waals surface area contributed by atoms with Gasteiger partial charge in [0.15, 0.2) is 0 Å². The van der Waals surface area contributed by atoms with E-state index < -0.39 is 5.82 Å². The molecule has 0 saturated heterocycles. The molecule has 0 aliphatic rings. The number of para-hydroxylation sites is 1. The van der Waals surface area contributed by atoms with E-state index >= 15 is 0 Å². The molecule has 0 aliphatic heterocycles. The molecule has 25 heavy (non-hydrogen) atoms. The Morgan fingerprint density at radius 1 is 1.20 bits per heavy atom. The van der Waals surface area contributed by atoms with Gasteiger partial charge >= 0.3 is 0 Å². The Morgan fingerprint density at radius 3 is 2.60 bits per heavy atom. The first kappa shape index (κ1) is 19.3. The highest BCUT2D eigenvalue weighted by molar-refractivity contribution is 6.30. The van der Waals surface area contributed by atoms with Crippen molar-refractivity contribution in [1.29, 1.82) is 0 Å². The molecule has 3 nitrogen and oxygen atoms in total. The molecule has 2 rings (SSSR count). The lowest BCUT2D eigenvalue weighted by molar-refractivity contribution is -0.120. The number of amides is 1. The maximum atomic E-state index is 13.7. The van der Waals surface area contributed by atoms with Gasteiger partial charge in [0.05, 0.1) is 13.0 Å². The van der Waals surface area contributed by atoms with Crippen LogP contribution in [0.1, 0.15) is 31.9 Å². The van der Waals surface area contributed by atoms with Gasteiger partial charge in [-0.1, -0.05) is 56.6 Å². The van der Waals surface area contributed by atoms with Crippen LogP contribution in [-0.4, -0.2) is 19.1 Å². The van der Waals surface area contributed by atoms with E-state index in [1.54, 1.807) is 6.07 Å². The number of ether oxygens (including phenoxy) is 1. The third-order valence-electron chi connectivity index (χ3n) is 3.74. The summed E-state index contributed by atoms with van der Waals surface area (Å²) in [4.78, 5) is 11.9. The first-order valence-corrected chi connectivity index (χ1v) is 8.58. The van der Waals surface area contributed by atoms with Crippen LogP contribution < -0.4 is 10.1 Å². The minimum Gasteiger partial charge on any atom is -0.491 e. The Balaban J connectivity index is 1.83. The second kappa shape index (κ2) is 8.34. The summed E-state index contributed by atoms with van der Waals surface area (Å²) >= 11 is 5.70. The molecule has 0 aliphatic carbocycles. The molecule has 1 N–H and O–H groups in total. The monoisotopic (exact) mass is 363 g/mol. The average Bonchev–Trinajstić information content (AvgIpc) is 2.54. The minimum atomic E-state index is -0.474. The number of carbonyl (C=O) groups excluding carboxylic acids is 1. The number of benzene rings is 2. The molecule has 0 atom stereocenters. The fraction of sp³-hybridized carbons (Fsp3) is 0.350. The highest BCUT2D eigenvalue weighted by Crippen LogP contribution is 2.30. The number of nitrogens with one attached hydrogen (secondary N) is 1. The van der Waals surface area contributed by atoms with E-state index in [4.69, 9.17) is 16.3 Å². The van der Waals surface area contributed by atoms with E-state index in [2.05, 4.69) is 26.1 Å². The fourth-order valence-electron chi connectivity index (χ4n) is 2.46. The third kappa shape index (κ3) is 5.75. The van der Waals surface area contributed by atoms with Crippen LogP contribution in [0.4, 0.5) is 4.39 Å². The molecule has 2 aromatic carbocycles. The van der Waals surface area contributed by atoms with Gasteiger partial charge in [0.25, 0.3) is 0 Å². The minimum absolute atomic E-state index is 0.0219. The highest BCUT2D eigenvalue weighted by atomic mass is 35.5. The lowest BCUT2D eigenvalue weighted by Gasteiger charge is -2.22. The van der Waals surface area contributed by atoms with Crippen molar-refractivity contribution in [3.05, 3.63) is 64.4 Å². The third-order valence-corrected chi connectivity index (χ3v) is 3.98. The summed E-state index contributed by atoms with van der Waals surface area (Å²) in [6.45, 7) is 7.07. The molecule has 0 radical (unpaired) electrons. The van der Waals surface area contributed by atoms with Crippen LogP contribution >= 0.6 is 11.6 Å². The SMILES string of the molecule is CC(C)(C)c1ccccc1OCCNC(=O)Cc1ccc(Cl)cc1F. The summed E-state index contributed by atoms with van der Waals surface area (Å²) < 4.78 is 19.5. The van der Waals surface area contributed by atoms with Crippen LogP contribution in [-0.2, 0) is 16.6 Å². The van der Waals surface area contributed by atoms with Crippen molar-refractivity contribution in [2.45, 2.75) is 32.6 Å². The van der Waals surface area contributed by atoms with Crippen molar-refractivity contribution in [1.82, 2.24) is 5.32 Å². The average molecular weight is 364 g/mol. The molecule has 0 fully saturated rings. The predicted octanol–water partition coefficient (Wildman–Crippen LogP) is 4.51. The molecule has 134 valence electrons. The van der Waals surface area contributed by atoms with Gasteiger partial charge in [-0.3, -0.25) is 4.79 Å². The Bertz CT molecular complexity index is 741. The Hall–Kier alpha value is -2.07. The normalized spacial score (nSPS) is 11.2. The zero-order valence-electron chi connectivity index (χ0n) is 14.7. The van der Waals surface area contributed by atoms with Crippen molar-refractivity contribution < 1.29 is 13.9 Å². The molecule has 0 saturated carbocycles. The van der Waals surface area contributed by atoms with E-state index in [1.807, 2.05) is 24.3 Å². The maximum Gasteiger partial charge on any atom is 0.224 e. The van der Waals surface area contributed by atoms with Gasteiger partial charge in [-0.25, -0.2) is 4.39 Å². The Labute approximate surface area is 153 Å².